The Morgan fingerprint density at radius 3 is 2.10 bits per heavy atom. The minimum atomic E-state index is -2.18. The van der Waals surface area contributed by atoms with Crippen molar-refractivity contribution < 1.29 is 29.1 Å². The summed E-state index contributed by atoms with van der Waals surface area (Å²) in [4.78, 5) is 35.3. The van der Waals surface area contributed by atoms with Crippen LogP contribution in [0.25, 0.3) is 0 Å². The van der Waals surface area contributed by atoms with Crippen molar-refractivity contribution in [1.29, 1.82) is 0 Å². The van der Waals surface area contributed by atoms with Gasteiger partial charge in [0.15, 0.2) is 5.78 Å². The summed E-state index contributed by atoms with van der Waals surface area (Å²) in [6, 6.07) is 0. The molecule has 7 heteroatoms. The van der Waals surface area contributed by atoms with Gasteiger partial charge in [-0.15, -0.1) is 0 Å². The lowest BCUT2D eigenvalue weighted by molar-refractivity contribution is -0.190. The minimum absolute atomic E-state index is 0.0496. The van der Waals surface area contributed by atoms with Crippen LogP contribution in [0.4, 0.5) is 4.79 Å². The summed E-state index contributed by atoms with van der Waals surface area (Å²) in [5.74, 6) is -1.84. The van der Waals surface area contributed by atoms with Gasteiger partial charge in [-0.25, -0.2) is 9.59 Å². The Labute approximate surface area is 118 Å². The lowest BCUT2D eigenvalue weighted by atomic mass is 9.97. The van der Waals surface area contributed by atoms with E-state index in [1.54, 1.807) is 20.8 Å². The third-order valence-corrected chi connectivity index (χ3v) is 2.41. The van der Waals surface area contributed by atoms with Crippen LogP contribution in [0.3, 0.4) is 0 Å². The molecule has 7 nitrogen and oxygen atoms in total. The normalized spacial score (nSPS) is 13.9. The fraction of sp³-hybridized carbons (Fsp3) is 0.615. The minimum Gasteiger partial charge on any atom is -0.459 e. The number of ether oxygens (including phenoxy) is 2. The van der Waals surface area contributed by atoms with Gasteiger partial charge in [-0.1, -0.05) is 12.7 Å². The summed E-state index contributed by atoms with van der Waals surface area (Å²) in [6.07, 6.45) is 0.0824. The topological polar surface area (TPSA) is 93.1 Å². The summed E-state index contributed by atoms with van der Waals surface area (Å²) in [6.45, 7) is 10.1. The number of carbonyl (C=O) groups excluding carboxylic acids is 3. The SMILES string of the molecule is C=CCOC(=O)[C@@](C)(C(C)=O)N(O)C(=O)OC(C)(C)C. The first-order chi connectivity index (χ1) is 8.96. The molecule has 0 fully saturated rings. The predicted molar refractivity (Wildman–Crippen MR) is 70.1 cm³/mol. The zero-order valence-electron chi connectivity index (χ0n) is 12.4. The maximum absolute atomic E-state index is 11.9. The Balaban J connectivity index is 5.26. The molecule has 0 aromatic rings. The summed E-state index contributed by atoms with van der Waals surface area (Å²) < 4.78 is 9.64. The van der Waals surface area contributed by atoms with Crippen molar-refractivity contribution in [3.8, 4) is 0 Å². The molecule has 0 aliphatic carbocycles. The van der Waals surface area contributed by atoms with Crippen LogP contribution < -0.4 is 0 Å². The number of ketones is 1. The van der Waals surface area contributed by atoms with E-state index in [1.807, 2.05) is 0 Å². The Hall–Kier alpha value is -1.89. The third kappa shape index (κ3) is 4.34. The molecule has 0 aliphatic rings. The molecule has 0 aromatic carbocycles. The summed E-state index contributed by atoms with van der Waals surface area (Å²) >= 11 is 0. The molecule has 0 unspecified atom stereocenters. The number of amides is 1. The van der Waals surface area contributed by atoms with Crippen molar-refractivity contribution in [2.75, 3.05) is 6.61 Å². The van der Waals surface area contributed by atoms with Gasteiger partial charge >= 0.3 is 12.1 Å². The van der Waals surface area contributed by atoms with Crippen LogP contribution in [0.2, 0.25) is 0 Å². The molecular formula is C13H21NO6. The Morgan fingerprint density at radius 2 is 1.75 bits per heavy atom. The Bertz CT molecular complexity index is 412. The van der Waals surface area contributed by atoms with Gasteiger partial charge in [-0.05, 0) is 34.6 Å². The number of carbonyl (C=O) groups is 3. The van der Waals surface area contributed by atoms with E-state index >= 15 is 0 Å². The van der Waals surface area contributed by atoms with Crippen LogP contribution in [0.1, 0.15) is 34.6 Å². The van der Waals surface area contributed by atoms with Crippen LogP contribution in [0.15, 0.2) is 12.7 Å². The monoisotopic (exact) mass is 287 g/mol. The van der Waals surface area contributed by atoms with Gasteiger partial charge in [0.25, 0.3) is 0 Å². The number of nitrogens with zero attached hydrogens (tertiary/aromatic N) is 1. The molecule has 0 heterocycles. The summed E-state index contributed by atoms with van der Waals surface area (Å²) in [7, 11) is 0. The van der Waals surface area contributed by atoms with Crippen LogP contribution >= 0.6 is 0 Å². The van der Waals surface area contributed by atoms with Gasteiger partial charge in [-0.3, -0.25) is 10.0 Å². The zero-order chi connectivity index (χ0) is 16.1. The van der Waals surface area contributed by atoms with Gasteiger partial charge in [-0.2, -0.15) is 5.06 Å². The molecule has 0 saturated heterocycles. The molecule has 0 bridgehead atoms. The van der Waals surface area contributed by atoms with Gasteiger partial charge in [0.1, 0.15) is 12.2 Å². The Morgan fingerprint density at radius 1 is 1.25 bits per heavy atom. The first-order valence-corrected chi connectivity index (χ1v) is 5.98. The van der Waals surface area contributed by atoms with Gasteiger partial charge < -0.3 is 9.47 Å². The smallest absolute Gasteiger partial charge is 0.435 e. The lowest BCUT2D eigenvalue weighted by Gasteiger charge is -2.33. The fourth-order valence-corrected chi connectivity index (χ4v) is 1.14. The molecule has 0 rings (SSSR count). The molecule has 0 aromatic heterocycles. The first-order valence-electron chi connectivity index (χ1n) is 5.98. The molecule has 0 saturated carbocycles. The van der Waals surface area contributed by atoms with E-state index in [0.717, 1.165) is 13.8 Å². The maximum atomic E-state index is 11.9. The number of hydroxylamine groups is 2. The number of esters is 1. The fourth-order valence-electron chi connectivity index (χ4n) is 1.14. The molecule has 0 spiro atoms. The Kier molecular flexibility index (Phi) is 5.90. The molecule has 114 valence electrons. The van der Waals surface area contributed by atoms with Crippen molar-refractivity contribution in [1.82, 2.24) is 5.06 Å². The van der Waals surface area contributed by atoms with Crippen LogP contribution in [0.5, 0.6) is 0 Å². The maximum Gasteiger partial charge on any atom is 0.435 e. The van der Waals surface area contributed by atoms with E-state index in [2.05, 4.69) is 6.58 Å². The van der Waals surface area contributed by atoms with E-state index in [1.165, 1.54) is 6.08 Å². The van der Waals surface area contributed by atoms with Crippen molar-refractivity contribution in [3.63, 3.8) is 0 Å². The summed E-state index contributed by atoms with van der Waals surface area (Å²) in [5, 5.41) is 9.80. The first kappa shape index (κ1) is 18.1. The molecular weight excluding hydrogens is 266 g/mol. The average Bonchev–Trinajstić information content (AvgIpc) is 2.31. The molecule has 0 radical (unpaired) electrons. The van der Waals surface area contributed by atoms with Gasteiger partial charge in [0.05, 0.1) is 0 Å². The molecule has 1 amide bonds. The second kappa shape index (κ2) is 6.51. The second-order valence-electron chi connectivity index (χ2n) is 5.31. The third-order valence-electron chi connectivity index (χ3n) is 2.41. The number of rotatable bonds is 5. The average molecular weight is 287 g/mol. The highest BCUT2D eigenvalue weighted by atomic mass is 16.6. The number of hydrogen-bond acceptors (Lipinski definition) is 6. The number of hydrogen-bond donors (Lipinski definition) is 1. The van der Waals surface area contributed by atoms with Crippen LogP contribution in [0, 0.1) is 0 Å². The lowest BCUT2D eigenvalue weighted by Crippen LogP contribution is -2.59. The highest BCUT2D eigenvalue weighted by Crippen LogP contribution is 2.20. The largest absolute Gasteiger partial charge is 0.459 e. The van der Waals surface area contributed by atoms with Crippen LogP contribution in [-0.4, -0.2) is 45.9 Å². The second-order valence-corrected chi connectivity index (χ2v) is 5.31. The van der Waals surface area contributed by atoms with Crippen molar-refractivity contribution in [2.45, 2.75) is 45.8 Å². The van der Waals surface area contributed by atoms with Crippen molar-refractivity contribution in [2.24, 2.45) is 0 Å². The highest BCUT2D eigenvalue weighted by molar-refractivity contribution is 6.08. The predicted octanol–water partition coefficient (Wildman–Crippen LogP) is 1.69. The zero-order valence-corrected chi connectivity index (χ0v) is 12.4. The molecule has 1 atom stereocenters. The quantitative estimate of drug-likeness (QED) is 0.272. The van der Waals surface area contributed by atoms with E-state index in [-0.39, 0.29) is 11.7 Å². The van der Waals surface area contributed by atoms with E-state index in [0.29, 0.717) is 0 Å². The van der Waals surface area contributed by atoms with Gasteiger partial charge in [0, 0.05) is 0 Å². The van der Waals surface area contributed by atoms with E-state index in [4.69, 9.17) is 9.47 Å². The number of Topliss-reactive ketones (excluding diaryl/α,β-unsaturated/α-hetero) is 1. The van der Waals surface area contributed by atoms with Gasteiger partial charge in [0.2, 0.25) is 5.54 Å². The standard InChI is InChI=1S/C13H21NO6/c1-7-8-19-10(16)13(6,9(2)15)14(18)11(17)20-12(3,4)5/h7,18H,1,8H2,2-6H3/t13-/m1/s1. The van der Waals surface area contributed by atoms with Crippen molar-refractivity contribution in [3.05, 3.63) is 12.7 Å². The van der Waals surface area contributed by atoms with Crippen LogP contribution in [-0.2, 0) is 19.1 Å². The highest BCUT2D eigenvalue weighted by Gasteiger charge is 2.49. The molecule has 1 N–H and O–H groups in total. The van der Waals surface area contributed by atoms with E-state index in [9.17, 15) is 19.6 Å². The molecule has 20 heavy (non-hydrogen) atoms. The van der Waals surface area contributed by atoms with Crippen molar-refractivity contribution >= 4 is 17.8 Å². The van der Waals surface area contributed by atoms with E-state index < -0.39 is 29.0 Å². The molecule has 0 aliphatic heterocycles. The summed E-state index contributed by atoms with van der Waals surface area (Å²) in [5.41, 5.74) is -3.06.